The van der Waals surface area contributed by atoms with E-state index >= 15 is 0 Å². The fourth-order valence-electron chi connectivity index (χ4n) is 3.02. The van der Waals surface area contributed by atoms with Crippen molar-refractivity contribution in [3.63, 3.8) is 0 Å². The summed E-state index contributed by atoms with van der Waals surface area (Å²) < 4.78 is 11.4. The Bertz CT molecular complexity index is 231. The van der Waals surface area contributed by atoms with Crippen LogP contribution in [0.25, 0.3) is 0 Å². The zero-order valence-corrected chi connectivity index (χ0v) is 11.5. The zero-order valence-electron chi connectivity index (χ0n) is 11.5. The topological polar surface area (TPSA) is 30.5 Å². The van der Waals surface area contributed by atoms with Crippen LogP contribution in [0.2, 0.25) is 0 Å². The normalized spacial score (nSPS) is 35.1. The molecule has 0 aromatic heterocycles. The first-order chi connectivity index (χ1) is 8.07. The SMILES string of the molecule is CC(C)(C)[C@H]1OCC[C@@H]1CN[C@@H]1CCCOC1. The van der Waals surface area contributed by atoms with Gasteiger partial charge in [0.25, 0.3) is 0 Å². The molecule has 100 valence electrons. The maximum absolute atomic E-state index is 5.90. The number of rotatable bonds is 3. The summed E-state index contributed by atoms with van der Waals surface area (Å²) in [7, 11) is 0. The molecular weight excluding hydrogens is 214 g/mol. The minimum absolute atomic E-state index is 0.256. The van der Waals surface area contributed by atoms with Crippen LogP contribution in [0, 0.1) is 11.3 Å². The van der Waals surface area contributed by atoms with Crippen molar-refractivity contribution in [1.29, 1.82) is 0 Å². The van der Waals surface area contributed by atoms with Gasteiger partial charge in [-0.15, -0.1) is 0 Å². The van der Waals surface area contributed by atoms with Crippen LogP contribution in [0.15, 0.2) is 0 Å². The lowest BCUT2D eigenvalue weighted by Gasteiger charge is -2.32. The lowest BCUT2D eigenvalue weighted by atomic mass is 9.81. The summed E-state index contributed by atoms with van der Waals surface area (Å²) in [6.07, 6.45) is 4.05. The van der Waals surface area contributed by atoms with Gasteiger partial charge in [0.2, 0.25) is 0 Å². The van der Waals surface area contributed by atoms with Crippen LogP contribution >= 0.6 is 0 Å². The highest BCUT2D eigenvalue weighted by Gasteiger charge is 2.37. The molecule has 0 radical (unpaired) electrons. The van der Waals surface area contributed by atoms with E-state index < -0.39 is 0 Å². The molecule has 0 aromatic carbocycles. The first-order valence-corrected chi connectivity index (χ1v) is 7.00. The summed E-state index contributed by atoms with van der Waals surface area (Å²) >= 11 is 0. The lowest BCUT2D eigenvalue weighted by Crippen LogP contribution is -2.43. The Kier molecular flexibility index (Phi) is 4.45. The van der Waals surface area contributed by atoms with Gasteiger partial charge in [-0.25, -0.2) is 0 Å². The summed E-state index contributed by atoms with van der Waals surface area (Å²) in [6.45, 7) is 10.7. The third kappa shape index (κ3) is 3.67. The van der Waals surface area contributed by atoms with Crippen LogP contribution in [-0.2, 0) is 9.47 Å². The average Bonchev–Trinajstić information content (AvgIpc) is 2.75. The van der Waals surface area contributed by atoms with E-state index in [4.69, 9.17) is 9.47 Å². The van der Waals surface area contributed by atoms with Crippen LogP contribution in [0.5, 0.6) is 0 Å². The molecule has 3 atom stereocenters. The quantitative estimate of drug-likeness (QED) is 0.822. The molecule has 2 aliphatic rings. The van der Waals surface area contributed by atoms with Gasteiger partial charge in [0.05, 0.1) is 12.7 Å². The first-order valence-electron chi connectivity index (χ1n) is 7.00. The van der Waals surface area contributed by atoms with Crippen molar-refractivity contribution in [2.75, 3.05) is 26.4 Å². The smallest absolute Gasteiger partial charge is 0.0664 e. The van der Waals surface area contributed by atoms with Gasteiger partial charge in [0.15, 0.2) is 0 Å². The van der Waals surface area contributed by atoms with Crippen molar-refractivity contribution in [1.82, 2.24) is 5.32 Å². The molecule has 17 heavy (non-hydrogen) atoms. The minimum atomic E-state index is 0.256. The molecule has 2 aliphatic heterocycles. The summed E-state index contributed by atoms with van der Waals surface area (Å²) in [6, 6.07) is 0.560. The molecule has 0 bridgehead atoms. The molecule has 0 saturated carbocycles. The van der Waals surface area contributed by atoms with Crippen molar-refractivity contribution in [2.45, 2.75) is 52.2 Å². The van der Waals surface area contributed by atoms with Gasteiger partial charge in [-0.1, -0.05) is 20.8 Å². The molecule has 1 N–H and O–H groups in total. The number of hydrogen-bond donors (Lipinski definition) is 1. The predicted molar refractivity (Wildman–Crippen MR) is 69.1 cm³/mol. The highest BCUT2D eigenvalue weighted by molar-refractivity contribution is 4.87. The Labute approximate surface area is 105 Å². The molecule has 3 heteroatoms. The summed E-state index contributed by atoms with van der Waals surface area (Å²) in [5, 5.41) is 3.66. The van der Waals surface area contributed by atoms with Crippen molar-refractivity contribution >= 4 is 0 Å². The fraction of sp³-hybridized carbons (Fsp3) is 1.00. The minimum Gasteiger partial charge on any atom is -0.380 e. The molecule has 0 aromatic rings. The maximum Gasteiger partial charge on any atom is 0.0664 e. The van der Waals surface area contributed by atoms with Crippen molar-refractivity contribution in [3.05, 3.63) is 0 Å². The highest BCUT2D eigenvalue weighted by atomic mass is 16.5. The van der Waals surface area contributed by atoms with Gasteiger partial charge in [-0.3, -0.25) is 0 Å². The van der Waals surface area contributed by atoms with E-state index in [-0.39, 0.29) is 5.41 Å². The van der Waals surface area contributed by atoms with Crippen LogP contribution in [-0.4, -0.2) is 38.5 Å². The van der Waals surface area contributed by atoms with E-state index in [0.717, 1.165) is 26.4 Å². The van der Waals surface area contributed by atoms with Crippen LogP contribution in [0.4, 0.5) is 0 Å². The van der Waals surface area contributed by atoms with Gasteiger partial charge in [0.1, 0.15) is 0 Å². The largest absolute Gasteiger partial charge is 0.380 e. The van der Waals surface area contributed by atoms with Crippen molar-refractivity contribution in [3.8, 4) is 0 Å². The molecule has 0 amide bonds. The van der Waals surface area contributed by atoms with Crippen LogP contribution in [0.1, 0.15) is 40.0 Å². The monoisotopic (exact) mass is 241 g/mol. The van der Waals surface area contributed by atoms with E-state index in [9.17, 15) is 0 Å². The molecule has 0 spiro atoms. The standard InChI is InChI=1S/C14H27NO2/c1-14(2,3)13-11(6-8-17-13)9-15-12-5-4-7-16-10-12/h11-13,15H,4-10H2,1-3H3/t11-,12-,13+/m1/s1. The Morgan fingerprint density at radius 2 is 2.00 bits per heavy atom. The van der Waals surface area contributed by atoms with E-state index in [1.165, 1.54) is 19.3 Å². The van der Waals surface area contributed by atoms with Gasteiger partial charge in [-0.05, 0) is 24.7 Å². The molecule has 0 unspecified atom stereocenters. The zero-order chi connectivity index (χ0) is 12.3. The molecule has 2 saturated heterocycles. The van der Waals surface area contributed by atoms with Gasteiger partial charge in [-0.2, -0.15) is 0 Å². The Morgan fingerprint density at radius 1 is 1.18 bits per heavy atom. The third-order valence-corrected chi connectivity index (χ3v) is 3.90. The Balaban J connectivity index is 1.77. The molecule has 0 aliphatic carbocycles. The summed E-state index contributed by atoms with van der Waals surface area (Å²) in [5.41, 5.74) is 0.256. The molecule has 2 heterocycles. The summed E-state index contributed by atoms with van der Waals surface area (Å²) in [5.74, 6) is 0.664. The second kappa shape index (κ2) is 5.68. The van der Waals surface area contributed by atoms with E-state index in [0.29, 0.717) is 18.1 Å². The second-order valence-electron chi connectivity index (χ2n) is 6.53. The van der Waals surface area contributed by atoms with Crippen LogP contribution < -0.4 is 5.32 Å². The van der Waals surface area contributed by atoms with Crippen molar-refractivity contribution < 1.29 is 9.47 Å². The molecule has 2 fully saturated rings. The molecule has 2 rings (SSSR count). The summed E-state index contributed by atoms with van der Waals surface area (Å²) in [4.78, 5) is 0. The number of nitrogens with one attached hydrogen (secondary N) is 1. The second-order valence-corrected chi connectivity index (χ2v) is 6.53. The Hall–Kier alpha value is -0.120. The van der Waals surface area contributed by atoms with Crippen LogP contribution in [0.3, 0.4) is 0 Å². The Morgan fingerprint density at radius 3 is 2.65 bits per heavy atom. The van der Waals surface area contributed by atoms with E-state index in [1.807, 2.05) is 0 Å². The average molecular weight is 241 g/mol. The first kappa shape index (κ1) is 13.3. The maximum atomic E-state index is 5.90. The van der Waals surface area contributed by atoms with Gasteiger partial charge in [0, 0.05) is 31.7 Å². The molecule has 3 nitrogen and oxygen atoms in total. The highest BCUT2D eigenvalue weighted by Crippen LogP contribution is 2.34. The number of ether oxygens (including phenoxy) is 2. The van der Waals surface area contributed by atoms with Crippen molar-refractivity contribution in [2.24, 2.45) is 11.3 Å². The fourth-order valence-corrected chi connectivity index (χ4v) is 3.02. The molecular formula is C14H27NO2. The van der Waals surface area contributed by atoms with Gasteiger partial charge < -0.3 is 14.8 Å². The van der Waals surface area contributed by atoms with E-state index in [1.54, 1.807) is 0 Å². The third-order valence-electron chi connectivity index (χ3n) is 3.90. The lowest BCUT2D eigenvalue weighted by molar-refractivity contribution is 0.00469. The predicted octanol–water partition coefficient (Wildman–Crippen LogP) is 2.21. The van der Waals surface area contributed by atoms with Gasteiger partial charge >= 0.3 is 0 Å². The number of hydrogen-bond acceptors (Lipinski definition) is 3. The van der Waals surface area contributed by atoms with E-state index in [2.05, 4.69) is 26.1 Å².